The smallest absolute Gasteiger partial charge is 0.336 e. The third-order valence-electron chi connectivity index (χ3n) is 5.32. The van der Waals surface area contributed by atoms with Crippen LogP contribution in [0.4, 0.5) is 5.69 Å². The normalized spacial score (nSPS) is 23.7. The molecule has 1 fully saturated rings. The van der Waals surface area contributed by atoms with Crippen molar-refractivity contribution in [3.63, 3.8) is 0 Å². The predicted octanol–water partition coefficient (Wildman–Crippen LogP) is 3.98. The minimum Gasteiger partial charge on any atom is -0.463 e. The number of rotatable bonds is 4. The Kier molecular flexibility index (Phi) is 5.19. The molecule has 0 aromatic heterocycles. The van der Waals surface area contributed by atoms with Crippen LogP contribution in [0.5, 0.6) is 0 Å². The number of esters is 1. The summed E-state index contributed by atoms with van der Waals surface area (Å²) in [4.78, 5) is 40.9. The molecule has 0 spiro atoms. The SMILES string of the molecule is CCOC(=O)C1=C(C)N=C2CC(C)(C)CC(=O)C2C1c1ccc([N+](=O)[O-])cc1. The number of Topliss-reactive ketones (excluding diaryl/α,β-unsaturated/α-hetero) is 1. The van der Waals surface area contributed by atoms with Gasteiger partial charge in [-0.25, -0.2) is 4.79 Å². The summed E-state index contributed by atoms with van der Waals surface area (Å²) in [6.07, 6.45) is 1.07. The van der Waals surface area contributed by atoms with Gasteiger partial charge >= 0.3 is 5.97 Å². The van der Waals surface area contributed by atoms with E-state index in [2.05, 4.69) is 4.99 Å². The zero-order chi connectivity index (χ0) is 20.6. The first-order valence-electron chi connectivity index (χ1n) is 9.37. The molecule has 1 aliphatic heterocycles. The summed E-state index contributed by atoms with van der Waals surface area (Å²) in [5.74, 6) is -1.55. The Bertz CT molecular complexity index is 896. The van der Waals surface area contributed by atoms with Gasteiger partial charge in [0.2, 0.25) is 0 Å². The zero-order valence-electron chi connectivity index (χ0n) is 16.5. The third kappa shape index (κ3) is 3.61. The molecule has 1 heterocycles. The topological polar surface area (TPSA) is 98.9 Å². The van der Waals surface area contributed by atoms with E-state index in [-0.39, 0.29) is 23.5 Å². The van der Waals surface area contributed by atoms with Crippen LogP contribution in [-0.4, -0.2) is 29.0 Å². The molecule has 0 radical (unpaired) electrons. The summed E-state index contributed by atoms with van der Waals surface area (Å²) < 4.78 is 5.24. The number of carbonyl (C=O) groups is 2. The highest BCUT2D eigenvalue weighted by Crippen LogP contribution is 2.47. The fraction of sp³-hybridized carbons (Fsp3) is 0.476. The first-order valence-corrected chi connectivity index (χ1v) is 9.37. The Morgan fingerprint density at radius 2 is 1.89 bits per heavy atom. The van der Waals surface area contributed by atoms with Crippen LogP contribution in [-0.2, 0) is 14.3 Å². The molecule has 1 aromatic carbocycles. The molecule has 1 aromatic rings. The van der Waals surface area contributed by atoms with Gasteiger partial charge in [0.05, 0.1) is 23.0 Å². The Hall–Kier alpha value is -2.83. The van der Waals surface area contributed by atoms with E-state index in [4.69, 9.17) is 4.74 Å². The Labute approximate surface area is 163 Å². The van der Waals surface area contributed by atoms with E-state index in [1.54, 1.807) is 26.0 Å². The lowest BCUT2D eigenvalue weighted by molar-refractivity contribution is -0.384. The van der Waals surface area contributed by atoms with E-state index in [1.165, 1.54) is 12.1 Å². The van der Waals surface area contributed by atoms with Crippen LogP contribution in [0, 0.1) is 21.4 Å². The minimum absolute atomic E-state index is 0.0349. The van der Waals surface area contributed by atoms with E-state index in [1.807, 2.05) is 13.8 Å². The third-order valence-corrected chi connectivity index (χ3v) is 5.32. The monoisotopic (exact) mass is 384 g/mol. The lowest BCUT2D eigenvalue weighted by Gasteiger charge is -2.41. The van der Waals surface area contributed by atoms with Crippen LogP contribution in [0.15, 0.2) is 40.5 Å². The van der Waals surface area contributed by atoms with Crippen LogP contribution in [0.25, 0.3) is 0 Å². The second-order valence-corrected chi connectivity index (χ2v) is 8.11. The van der Waals surface area contributed by atoms with Gasteiger partial charge in [-0.3, -0.25) is 19.9 Å². The lowest BCUT2D eigenvalue weighted by atomic mass is 9.63. The number of fused-ring (bicyclic) bond motifs is 1. The van der Waals surface area contributed by atoms with Gasteiger partial charge in [0.15, 0.2) is 0 Å². The number of ketones is 1. The summed E-state index contributed by atoms with van der Waals surface area (Å²) in [5.41, 5.74) is 2.13. The molecule has 2 unspecified atom stereocenters. The van der Waals surface area contributed by atoms with E-state index in [0.29, 0.717) is 29.7 Å². The molecule has 0 saturated heterocycles. The highest BCUT2D eigenvalue weighted by molar-refractivity contribution is 6.12. The van der Waals surface area contributed by atoms with Crippen LogP contribution in [0.3, 0.4) is 0 Å². The number of non-ortho nitro benzene ring substituents is 1. The molecule has 0 bridgehead atoms. The Morgan fingerprint density at radius 3 is 2.46 bits per heavy atom. The average Bonchev–Trinajstić information content (AvgIpc) is 2.59. The molecule has 2 atom stereocenters. The summed E-state index contributed by atoms with van der Waals surface area (Å²) in [6, 6.07) is 6.03. The highest BCUT2D eigenvalue weighted by Gasteiger charge is 2.47. The summed E-state index contributed by atoms with van der Waals surface area (Å²) in [6.45, 7) is 7.75. The second-order valence-electron chi connectivity index (χ2n) is 8.11. The van der Waals surface area contributed by atoms with Crippen LogP contribution in [0.1, 0.15) is 52.0 Å². The Morgan fingerprint density at radius 1 is 1.25 bits per heavy atom. The number of allylic oxidation sites excluding steroid dienone is 1. The molecule has 2 aliphatic rings. The lowest BCUT2D eigenvalue weighted by Crippen LogP contribution is -2.44. The van der Waals surface area contributed by atoms with Crippen LogP contribution in [0.2, 0.25) is 0 Å². The maximum Gasteiger partial charge on any atom is 0.336 e. The molecule has 3 rings (SSSR count). The fourth-order valence-electron chi connectivity index (χ4n) is 4.23. The molecule has 148 valence electrons. The quantitative estimate of drug-likeness (QED) is 0.444. The first-order chi connectivity index (χ1) is 13.1. The van der Waals surface area contributed by atoms with Crippen molar-refractivity contribution in [1.82, 2.24) is 0 Å². The number of hydrogen-bond donors (Lipinski definition) is 0. The van der Waals surface area contributed by atoms with E-state index >= 15 is 0 Å². The van der Waals surface area contributed by atoms with Crippen molar-refractivity contribution in [3.05, 3.63) is 51.2 Å². The minimum atomic E-state index is -0.545. The predicted molar refractivity (Wildman–Crippen MR) is 104 cm³/mol. The van der Waals surface area contributed by atoms with Crippen molar-refractivity contribution < 1.29 is 19.2 Å². The number of aliphatic imine (C=N–C) groups is 1. The van der Waals surface area contributed by atoms with Crippen molar-refractivity contribution in [2.75, 3.05) is 6.61 Å². The van der Waals surface area contributed by atoms with Gasteiger partial charge in [-0.1, -0.05) is 26.0 Å². The number of nitro benzene ring substituents is 1. The van der Waals surface area contributed by atoms with Gasteiger partial charge in [-0.05, 0) is 31.2 Å². The van der Waals surface area contributed by atoms with Gasteiger partial charge in [0.25, 0.3) is 5.69 Å². The maximum absolute atomic E-state index is 13.1. The Balaban J connectivity index is 2.14. The molecule has 7 nitrogen and oxygen atoms in total. The van der Waals surface area contributed by atoms with Crippen LogP contribution < -0.4 is 0 Å². The number of carbonyl (C=O) groups excluding carboxylic acids is 2. The van der Waals surface area contributed by atoms with Gasteiger partial charge in [0, 0.05) is 35.9 Å². The molecule has 0 amide bonds. The van der Waals surface area contributed by atoms with E-state index in [0.717, 1.165) is 5.71 Å². The van der Waals surface area contributed by atoms with Gasteiger partial charge in [-0.15, -0.1) is 0 Å². The molecule has 7 heteroatoms. The van der Waals surface area contributed by atoms with Crippen molar-refractivity contribution >= 4 is 23.2 Å². The largest absolute Gasteiger partial charge is 0.463 e. The molecular weight excluding hydrogens is 360 g/mol. The zero-order valence-corrected chi connectivity index (χ0v) is 16.5. The summed E-state index contributed by atoms with van der Waals surface area (Å²) in [7, 11) is 0. The molecule has 1 saturated carbocycles. The highest BCUT2D eigenvalue weighted by atomic mass is 16.6. The van der Waals surface area contributed by atoms with E-state index in [9.17, 15) is 19.7 Å². The molecule has 28 heavy (non-hydrogen) atoms. The average molecular weight is 384 g/mol. The number of hydrogen-bond acceptors (Lipinski definition) is 6. The maximum atomic E-state index is 13.1. The molecular formula is C21H24N2O5. The van der Waals surface area contributed by atoms with Crippen LogP contribution >= 0.6 is 0 Å². The summed E-state index contributed by atoms with van der Waals surface area (Å²) >= 11 is 0. The van der Waals surface area contributed by atoms with Gasteiger partial charge in [0.1, 0.15) is 5.78 Å². The number of nitrogens with zero attached hydrogens (tertiary/aromatic N) is 2. The van der Waals surface area contributed by atoms with E-state index < -0.39 is 22.7 Å². The first kappa shape index (κ1) is 19.9. The molecule has 0 N–H and O–H groups in total. The van der Waals surface area contributed by atoms with Crippen molar-refractivity contribution in [1.29, 1.82) is 0 Å². The number of benzene rings is 1. The second kappa shape index (κ2) is 7.30. The fourth-order valence-corrected chi connectivity index (χ4v) is 4.23. The van der Waals surface area contributed by atoms with Crippen molar-refractivity contribution in [2.45, 2.75) is 46.5 Å². The van der Waals surface area contributed by atoms with Gasteiger partial charge in [-0.2, -0.15) is 0 Å². The molecule has 1 aliphatic carbocycles. The standard InChI is InChI=1S/C21H24N2O5/c1-5-28-20(25)17-12(2)22-15-10-21(3,4)11-16(24)19(15)18(17)13-6-8-14(9-7-13)23(26)27/h6-9,18-19H,5,10-11H2,1-4H3. The summed E-state index contributed by atoms with van der Waals surface area (Å²) in [5, 5.41) is 11.0. The van der Waals surface area contributed by atoms with Crippen molar-refractivity contribution in [2.24, 2.45) is 16.3 Å². The number of ether oxygens (including phenoxy) is 1. The van der Waals surface area contributed by atoms with Crippen molar-refractivity contribution in [3.8, 4) is 0 Å². The van der Waals surface area contributed by atoms with Gasteiger partial charge < -0.3 is 4.74 Å². The number of nitro groups is 1.